The number of ether oxygens (including phenoxy) is 2. The summed E-state index contributed by atoms with van der Waals surface area (Å²) in [6, 6.07) is 8.30. The lowest BCUT2D eigenvalue weighted by atomic mass is 10.2. The molecular formula is C17H13ClN4O6. The Bertz CT molecular complexity index is 1050. The van der Waals surface area contributed by atoms with Gasteiger partial charge in [-0.1, -0.05) is 16.7 Å². The van der Waals surface area contributed by atoms with Crippen LogP contribution >= 0.6 is 11.6 Å². The lowest BCUT2D eigenvalue weighted by Gasteiger charge is -2.07. The predicted molar refractivity (Wildman–Crippen MR) is 98.9 cm³/mol. The number of carbonyl (C=O) groups is 1. The van der Waals surface area contributed by atoms with Gasteiger partial charge in [0.2, 0.25) is 5.89 Å². The fourth-order valence-electron chi connectivity index (χ4n) is 2.32. The second kappa shape index (κ2) is 7.92. The van der Waals surface area contributed by atoms with Gasteiger partial charge in [-0.05, 0) is 24.3 Å². The second-order valence-corrected chi connectivity index (χ2v) is 5.76. The molecule has 0 unspecified atom stereocenters. The SMILES string of the molecule is COc1ccc(-c2nnc(NC(=O)c3cc([N+](=O)[O-])ccc3Cl)o2)cc1OC. The fraction of sp³-hybridized carbons (Fsp3) is 0.118. The maximum atomic E-state index is 12.4. The largest absolute Gasteiger partial charge is 0.493 e. The van der Waals surface area contributed by atoms with E-state index < -0.39 is 10.8 Å². The third kappa shape index (κ3) is 3.86. The van der Waals surface area contributed by atoms with E-state index in [1.165, 1.54) is 26.4 Å². The summed E-state index contributed by atoms with van der Waals surface area (Å²) in [6.45, 7) is 0. The van der Waals surface area contributed by atoms with Crippen LogP contribution in [-0.2, 0) is 0 Å². The molecule has 28 heavy (non-hydrogen) atoms. The van der Waals surface area contributed by atoms with Crippen molar-refractivity contribution >= 4 is 29.2 Å². The molecule has 0 bridgehead atoms. The van der Waals surface area contributed by atoms with Crippen LogP contribution in [0.5, 0.6) is 11.5 Å². The molecule has 0 aliphatic rings. The van der Waals surface area contributed by atoms with Crippen molar-refractivity contribution < 1.29 is 23.6 Å². The number of nitrogens with one attached hydrogen (secondary N) is 1. The monoisotopic (exact) mass is 404 g/mol. The molecule has 1 amide bonds. The number of anilines is 1. The number of methoxy groups -OCH3 is 2. The lowest BCUT2D eigenvalue weighted by molar-refractivity contribution is -0.384. The van der Waals surface area contributed by atoms with Crippen molar-refractivity contribution in [1.29, 1.82) is 0 Å². The van der Waals surface area contributed by atoms with Crippen LogP contribution in [0.2, 0.25) is 5.02 Å². The zero-order chi connectivity index (χ0) is 20.3. The summed E-state index contributed by atoms with van der Waals surface area (Å²) in [5.41, 5.74) is 0.173. The molecule has 11 heteroatoms. The number of amides is 1. The second-order valence-electron chi connectivity index (χ2n) is 5.36. The van der Waals surface area contributed by atoms with E-state index in [1.807, 2.05) is 0 Å². The standard InChI is InChI=1S/C17H13ClN4O6/c1-26-13-6-3-9(7-14(13)27-2)16-20-21-17(28-16)19-15(23)11-8-10(22(24)25)4-5-12(11)18/h3-8H,1-2H3,(H,19,21,23). The number of nitrogens with zero attached hydrogens (tertiary/aromatic N) is 3. The Kier molecular flexibility index (Phi) is 5.41. The van der Waals surface area contributed by atoms with Crippen LogP contribution in [0.4, 0.5) is 11.7 Å². The van der Waals surface area contributed by atoms with E-state index in [-0.39, 0.29) is 28.2 Å². The molecular weight excluding hydrogens is 392 g/mol. The zero-order valence-corrected chi connectivity index (χ0v) is 15.4. The first kappa shape index (κ1) is 19.1. The predicted octanol–water partition coefficient (Wildman–Crippen LogP) is 3.57. The highest BCUT2D eigenvalue weighted by Gasteiger charge is 2.19. The number of hydrogen-bond acceptors (Lipinski definition) is 8. The molecule has 0 radical (unpaired) electrons. The number of nitro benzene ring substituents is 1. The first-order valence-corrected chi connectivity index (χ1v) is 8.12. The molecule has 1 N–H and O–H groups in total. The Balaban J connectivity index is 1.83. The van der Waals surface area contributed by atoms with Gasteiger partial charge in [0.1, 0.15) is 0 Å². The van der Waals surface area contributed by atoms with Crippen molar-refractivity contribution in [1.82, 2.24) is 10.2 Å². The van der Waals surface area contributed by atoms with E-state index >= 15 is 0 Å². The summed E-state index contributed by atoms with van der Waals surface area (Å²) in [4.78, 5) is 22.6. The van der Waals surface area contributed by atoms with Gasteiger partial charge in [0, 0.05) is 17.7 Å². The fourth-order valence-corrected chi connectivity index (χ4v) is 2.53. The van der Waals surface area contributed by atoms with E-state index in [2.05, 4.69) is 15.5 Å². The van der Waals surface area contributed by atoms with E-state index in [1.54, 1.807) is 18.2 Å². The molecule has 1 aromatic heterocycles. The lowest BCUT2D eigenvalue weighted by Crippen LogP contribution is -2.13. The minimum Gasteiger partial charge on any atom is -0.493 e. The van der Waals surface area contributed by atoms with E-state index in [9.17, 15) is 14.9 Å². The van der Waals surface area contributed by atoms with Crippen LogP contribution in [0.25, 0.3) is 11.5 Å². The number of halogens is 1. The van der Waals surface area contributed by atoms with E-state index in [0.29, 0.717) is 17.1 Å². The van der Waals surface area contributed by atoms with E-state index in [0.717, 1.165) is 6.07 Å². The van der Waals surface area contributed by atoms with Crippen LogP contribution in [0.3, 0.4) is 0 Å². The minimum atomic E-state index is -0.726. The van der Waals surface area contributed by atoms with Gasteiger partial charge in [-0.3, -0.25) is 20.2 Å². The number of non-ortho nitro benzene ring substituents is 1. The van der Waals surface area contributed by atoms with Gasteiger partial charge < -0.3 is 13.9 Å². The molecule has 0 aliphatic heterocycles. The molecule has 3 aromatic rings. The summed E-state index contributed by atoms with van der Waals surface area (Å²) in [5, 5.41) is 20.9. The highest BCUT2D eigenvalue weighted by atomic mass is 35.5. The van der Waals surface area contributed by atoms with Gasteiger partial charge in [-0.15, -0.1) is 5.10 Å². The Morgan fingerprint density at radius 3 is 2.57 bits per heavy atom. The molecule has 0 atom stereocenters. The number of rotatable bonds is 6. The van der Waals surface area contributed by atoms with Crippen LogP contribution in [0, 0.1) is 10.1 Å². The molecule has 3 rings (SSSR count). The summed E-state index contributed by atoms with van der Waals surface area (Å²) >= 11 is 5.95. The molecule has 0 saturated heterocycles. The highest BCUT2D eigenvalue weighted by molar-refractivity contribution is 6.34. The number of aromatic nitrogens is 2. The van der Waals surface area contributed by atoms with Gasteiger partial charge in [0.25, 0.3) is 11.6 Å². The molecule has 2 aromatic carbocycles. The summed E-state index contributed by atoms with van der Waals surface area (Å²) in [7, 11) is 3.00. The number of nitro groups is 1. The maximum absolute atomic E-state index is 12.4. The van der Waals surface area contributed by atoms with Gasteiger partial charge >= 0.3 is 6.01 Å². The maximum Gasteiger partial charge on any atom is 0.322 e. The molecule has 144 valence electrons. The third-order valence-electron chi connectivity index (χ3n) is 3.68. The topological polar surface area (TPSA) is 130 Å². The van der Waals surface area contributed by atoms with E-state index in [4.69, 9.17) is 25.5 Å². The minimum absolute atomic E-state index is 0.0442. The quantitative estimate of drug-likeness (QED) is 0.487. The van der Waals surface area contributed by atoms with Gasteiger partial charge in [-0.25, -0.2) is 0 Å². The average molecular weight is 405 g/mol. The molecule has 0 fully saturated rings. The molecule has 1 heterocycles. The van der Waals surface area contributed by atoms with Gasteiger partial charge in [-0.2, -0.15) is 0 Å². The normalized spacial score (nSPS) is 10.4. The Morgan fingerprint density at radius 1 is 1.14 bits per heavy atom. The van der Waals surface area contributed by atoms with Crippen LogP contribution in [0.15, 0.2) is 40.8 Å². The number of carbonyl (C=O) groups excluding carboxylic acids is 1. The van der Waals surface area contributed by atoms with Gasteiger partial charge in [0.05, 0.1) is 29.7 Å². The Morgan fingerprint density at radius 2 is 1.89 bits per heavy atom. The highest BCUT2D eigenvalue weighted by Crippen LogP contribution is 2.32. The first-order valence-electron chi connectivity index (χ1n) is 7.74. The summed E-state index contributed by atoms with van der Waals surface area (Å²) < 4.78 is 15.8. The van der Waals surface area contributed by atoms with Crippen LogP contribution in [-0.4, -0.2) is 35.2 Å². The Hall–Kier alpha value is -3.66. The van der Waals surface area contributed by atoms with Crippen LogP contribution < -0.4 is 14.8 Å². The van der Waals surface area contributed by atoms with Crippen molar-refractivity contribution in [2.75, 3.05) is 19.5 Å². The Labute approximate surface area is 163 Å². The molecule has 10 nitrogen and oxygen atoms in total. The molecule has 0 spiro atoms. The first-order chi connectivity index (χ1) is 13.4. The summed E-state index contributed by atoms with van der Waals surface area (Å²) in [6.07, 6.45) is 0. The smallest absolute Gasteiger partial charge is 0.322 e. The average Bonchev–Trinajstić information content (AvgIpc) is 3.15. The summed E-state index contributed by atoms with van der Waals surface area (Å²) in [5.74, 6) is 0.393. The third-order valence-corrected chi connectivity index (χ3v) is 4.01. The number of benzene rings is 2. The van der Waals surface area contributed by atoms with Crippen molar-refractivity contribution in [2.45, 2.75) is 0 Å². The van der Waals surface area contributed by atoms with Crippen molar-refractivity contribution in [3.8, 4) is 23.0 Å². The zero-order valence-electron chi connectivity index (χ0n) is 14.6. The van der Waals surface area contributed by atoms with Gasteiger partial charge in [0.15, 0.2) is 11.5 Å². The molecule has 0 saturated carbocycles. The van der Waals surface area contributed by atoms with Crippen molar-refractivity contribution in [2.24, 2.45) is 0 Å². The number of hydrogen-bond donors (Lipinski definition) is 1. The molecule has 0 aliphatic carbocycles. The van der Waals surface area contributed by atoms with Crippen molar-refractivity contribution in [3.05, 3.63) is 57.1 Å². The van der Waals surface area contributed by atoms with Crippen molar-refractivity contribution in [3.63, 3.8) is 0 Å². The van der Waals surface area contributed by atoms with Crippen LogP contribution in [0.1, 0.15) is 10.4 Å².